The van der Waals surface area contributed by atoms with Crippen LogP contribution in [0.4, 0.5) is 0 Å². The first-order chi connectivity index (χ1) is 9.15. The molecule has 1 N–H and O–H groups in total. The zero-order valence-corrected chi connectivity index (χ0v) is 13.6. The molecule has 102 valence electrons. The molecule has 1 atom stereocenters. The first kappa shape index (κ1) is 14.6. The Morgan fingerprint density at radius 3 is 2.84 bits per heavy atom. The third kappa shape index (κ3) is 4.64. The van der Waals surface area contributed by atoms with Gasteiger partial charge >= 0.3 is 0 Å². The summed E-state index contributed by atoms with van der Waals surface area (Å²) in [5.74, 6) is 0.938. The molecule has 0 saturated heterocycles. The highest BCUT2D eigenvalue weighted by Gasteiger charge is 2.06. The van der Waals surface area contributed by atoms with Crippen molar-refractivity contribution < 1.29 is 4.74 Å². The van der Waals surface area contributed by atoms with E-state index in [0.29, 0.717) is 12.6 Å². The van der Waals surface area contributed by atoms with Crippen molar-refractivity contribution in [3.05, 3.63) is 50.6 Å². The predicted molar refractivity (Wildman–Crippen MR) is 85.1 cm³/mol. The Morgan fingerprint density at radius 2 is 2.16 bits per heavy atom. The lowest BCUT2D eigenvalue weighted by Crippen LogP contribution is -2.23. The van der Waals surface area contributed by atoms with Gasteiger partial charge in [-0.3, -0.25) is 0 Å². The average Bonchev–Trinajstić information content (AvgIpc) is 2.81. The Kier molecular flexibility index (Phi) is 5.43. The third-order valence-corrected chi connectivity index (χ3v) is 4.64. The van der Waals surface area contributed by atoms with Gasteiger partial charge in [0.1, 0.15) is 12.4 Å². The minimum Gasteiger partial charge on any atom is -0.492 e. The van der Waals surface area contributed by atoms with Crippen molar-refractivity contribution in [2.45, 2.75) is 19.9 Å². The van der Waals surface area contributed by atoms with Crippen LogP contribution in [0.5, 0.6) is 5.75 Å². The summed E-state index contributed by atoms with van der Waals surface area (Å²) >= 11 is 5.25. The number of hydrogen-bond acceptors (Lipinski definition) is 3. The molecule has 0 radical (unpaired) electrons. The van der Waals surface area contributed by atoms with Crippen molar-refractivity contribution in [3.63, 3.8) is 0 Å². The van der Waals surface area contributed by atoms with Crippen molar-refractivity contribution in [3.8, 4) is 5.75 Å². The summed E-state index contributed by atoms with van der Waals surface area (Å²) in [7, 11) is 0. The summed E-state index contributed by atoms with van der Waals surface area (Å²) in [6, 6.07) is 12.7. The van der Waals surface area contributed by atoms with Crippen LogP contribution in [0.2, 0.25) is 0 Å². The molecule has 1 aromatic heterocycles. The van der Waals surface area contributed by atoms with E-state index in [2.05, 4.69) is 59.4 Å². The van der Waals surface area contributed by atoms with Gasteiger partial charge in [-0.05, 0) is 59.6 Å². The van der Waals surface area contributed by atoms with Crippen LogP contribution in [0.1, 0.15) is 23.4 Å². The normalized spacial score (nSPS) is 12.4. The Balaban J connectivity index is 1.72. The second-order valence-electron chi connectivity index (χ2n) is 4.48. The van der Waals surface area contributed by atoms with Gasteiger partial charge in [-0.2, -0.15) is 0 Å². The smallest absolute Gasteiger partial charge is 0.119 e. The molecule has 4 heteroatoms. The highest BCUT2D eigenvalue weighted by Crippen LogP contribution is 2.26. The third-order valence-electron chi connectivity index (χ3n) is 2.83. The minimum absolute atomic E-state index is 0.359. The molecule has 1 aromatic carbocycles. The van der Waals surface area contributed by atoms with Crippen molar-refractivity contribution in [2.75, 3.05) is 13.2 Å². The predicted octanol–water partition coefficient (Wildman–Crippen LogP) is 4.55. The average molecular weight is 340 g/mol. The van der Waals surface area contributed by atoms with Crippen molar-refractivity contribution in [1.29, 1.82) is 0 Å². The lowest BCUT2D eigenvalue weighted by Gasteiger charge is -2.13. The maximum absolute atomic E-state index is 5.71. The number of halogens is 1. The van der Waals surface area contributed by atoms with Gasteiger partial charge < -0.3 is 10.1 Å². The second kappa shape index (κ2) is 7.08. The largest absolute Gasteiger partial charge is 0.492 e. The van der Waals surface area contributed by atoms with E-state index < -0.39 is 0 Å². The molecule has 19 heavy (non-hydrogen) atoms. The summed E-state index contributed by atoms with van der Waals surface area (Å²) in [5, 5.41) is 3.46. The van der Waals surface area contributed by atoms with Gasteiger partial charge in [0.25, 0.3) is 0 Å². The summed E-state index contributed by atoms with van der Waals surface area (Å²) in [6.07, 6.45) is 0. The Morgan fingerprint density at radius 1 is 1.32 bits per heavy atom. The van der Waals surface area contributed by atoms with Crippen LogP contribution in [0.3, 0.4) is 0 Å². The standard InChI is InChI=1S/C15H18BrNOS/c1-11-4-3-5-13(10-11)18-9-8-17-12(2)14-6-7-15(16)19-14/h3-7,10,12,17H,8-9H2,1-2H3. The van der Waals surface area contributed by atoms with Gasteiger partial charge in [-0.25, -0.2) is 0 Å². The summed E-state index contributed by atoms with van der Waals surface area (Å²) in [6.45, 7) is 5.76. The fourth-order valence-electron chi connectivity index (χ4n) is 1.81. The van der Waals surface area contributed by atoms with Crippen LogP contribution < -0.4 is 10.1 Å². The lowest BCUT2D eigenvalue weighted by molar-refractivity contribution is 0.308. The number of thiophene rings is 1. The molecule has 0 saturated carbocycles. The van der Waals surface area contributed by atoms with Crippen LogP contribution in [-0.2, 0) is 0 Å². The molecule has 0 spiro atoms. The topological polar surface area (TPSA) is 21.3 Å². The molecular formula is C15H18BrNOS. The van der Waals surface area contributed by atoms with Gasteiger partial charge in [0.05, 0.1) is 3.79 Å². The zero-order valence-electron chi connectivity index (χ0n) is 11.2. The number of nitrogens with one attached hydrogen (secondary N) is 1. The summed E-state index contributed by atoms with van der Waals surface area (Å²) < 4.78 is 6.88. The summed E-state index contributed by atoms with van der Waals surface area (Å²) in [5.41, 5.74) is 1.22. The van der Waals surface area contributed by atoms with Crippen molar-refractivity contribution >= 4 is 27.3 Å². The molecule has 1 heterocycles. The van der Waals surface area contributed by atoms with E-state index in [9.17, 15) is 0 Å². The maximum Gasteiger partial charge on any atom is 0.119 e. The van der Waals surface area contributed by atoms with Crippen LogP contribution in [-0.4, -0.2) is 13.2 Å². The fourth-order valence-corrected chi connectivity index (χ4v) is 3.26. The van der Waals surface area contributed by atoms with Gasteiger partial charge in [0.15, 0.2) is 0 Å². The quantitative estimate of drug-likeness (QED) is 0.779. The lowest BCUT2D eigenvalue weighted by atomic mass is 10.2. The van der Waals surface area contributed by atoms with E-state index in [4.69, 9.17) is 4.74 Å². The first-order valence-corrected chi connectivity index (χ1v) is 7.94. The molecule has 0 aliphatic carbocycles. The number of rotatable bonds is 6. The van der Waals surface area contributed by atoms with E-state index >= 15 is 0 Å². The molecule has 1 unspecified atom stereocenters. The molecular weight excluding hydrogens is 322 g/mol. The molecule has 0 aliphatic rings. The minimum atomic E-state index is 0.359. The maximum atomic E-state index is 5.71. The highest BCUT2D eigenvalue weighted by molar-refractivity contribution is 9.11. The number of benzene rings is 1. The van der Waals surface area contributed by atoms with Crippen LogP contribution in [0.25, 0.3) is 0 Å². The van der Waals surface area contributed by atoms with Gasteiger partial charge in [-0.1, -0.05) is 12.1 Å². The summed E-state index contributed by atoms with van der Waals surface area (Å²) in [4.78, 5) is 1.34. The molecule has 0 fully saturated rings. The Hall–Kier alpha value is -0.840. The fraction of sp³-hybridized carbons (Fsp3) is 0.333. The molecule has 2 rings (SSSR count). The van der Waals surface area contributed by atoms with E-state index in [1.165, 1.54) is 14.2 Å². The highest BCUT2D eigenvalue weighted by atomic mass is 79.9. The van der Waals surface area contributed by atoms with E-state index in [1.807, 2.05) is 12.1 Å². The van der Waals surface area contributed by atoms with Gasteiger partial charge in [0, 0.05) is 17.5 Å². The van der Waals surface area contributed by atoms with Crippen molar-refractivity contribution in [2.24, 2.45) is 0 Å². The van der Waals surface area contributed by atoms with Crippen LogP contribution in [0.15, 0.2) is 40.2 Å². The Labute approximate surface area is 126 Å². The molecule has 0 aliphatic heterocycles. The van der Waals surface area contributed by atoms with Gasteiger partial charge in [-0.15, -0.1) is 11.3 Å². The molecule has 0 bridgehead atoms. The number of aryl methyl sites for hydroxylation is 1. The number of ether oxygens (including phenoxy) is 1. The van der Waals surface area contributed by atoms with E-state index in [-0.39, 0.29) is 0 Å². The van der Waals surface area contributed by atoms with Crippen molar-refractivity contribution in [1.82, 2.24) is 5.32 Å². The number of hydrogen-bond donors (Lipinski definition) is 1. The molecule has 2 nitrogen and oxygen atoms in total. The first-order valence-electron chi connectivity index (χ1n) is 6.33. The van der Waals surface area contributed by atoms with Gasteiger partial charge in [0.2, 0.25) is 0 Å². The molecule has 0 amide bonds. The zero-order chi connectivity index (χ0) is 13.7. The Bertz CT molecular complexity index is 526. The molecule has 2 aromatic rings. The van der Waals surface area contributed by atoms with Crippen LogP contribution in [0, 0.1) is 6.92 Å². The van der Waals surface area contributed by atoms with E-state index in [1.54, 1.807) is 11.3 Å². The second-order valence-corrected chi connectivity index (χ2v) is 6.98. The van der Waals surface area contributed by atoms with Crippen LogP contribution >= 0.6 is 27.3 Å². The SMILES string of the molecule is Cc1cccc(OCCNC(C)c2ccc(Br)s2)c1. The van der Waals surface area contributed by atoms with E-state index in [0.717, 1.165) is 12.3 Å². The monoisotopic (exact) mass is 339 g/mol.